The van der Waals surface area contributed by atoms with Gasteiger partial charge in [-0.3, -0.25) is 0 Å². The van der Waals surface area contributed by atoms with Crippen LogP contribution in [0.1, 0.15) is 43.3 Å². The molecule has 3 unspecified atom stereocenters. The normalized spacial score (nSPS) is 29.4. The fourth-order valence-electron chi connectivity index (χ4n) is 1.86. The van der Waals surface area contributed by atoms with Gasteiger partial charge in [0.15, 0.2) is 0 Å². The number of nitrogens with zero attached hydrogens (tertiary/aromatic N) is 3. The van der Waals surface area contributed by atoms with E-state index in [0.717, 1.165) is 25.0 Å². The van der Waals surface area contributed by atoms with Crippen molar-refractivity contribution < 1.29 is 5.11 Å². The number of hydrogen-bond donors (Lipinski definition) is 1. The van der Waals surface area contributed by atoms with Crippen molar-refractivity contribution in [2.24, 2.45) is 0 Å². The molecule has 0 bridgehead atoms. The van der Waals surface area contributed by atoms with Gasteiger partial charge in [0, 0.05) is 0 Å². The van der Waals surface area contributed by atoms with Gasteiger partial charge in [0.1, 0.15) is 5.69 Å². The Morgan fingerprint density at radius 2 is 2.43 bits per heavy atom. The highest BCUT2D eigenvalue weighted by Gasteiger charge is 2.27. The van der Waals surface area contributed by atoms with E-state index in [9.17, 15) is 5.11 Å². The lowest BCUT2D eigenvalue weighted by Crippen LogP contribution is -2.18. The number of aliphatic hydroxyl groups is 1. The molecule has 3 atom stereocenters. The van der Waals surface area contributed by atoms with E-state index >= 15 is 0 Å². The average molecular weight is 216 g/mol. The van der Waals surface area contributed by atoms with E-state index in [1.54, 1.807) is 4.68 Å². The predicted octanol–water partition coefficient (Wildman–Crippen LogP) is 1.66. The highest BCUT2D eigenvalue weighted by atomic mass is 35.5. The SMILES string of the molecule is CC(Cl)c1cn(C2CCCC2O)nn1. The van der Waals surface area contributed by atoms with Crippen LogP contribution in [0.15, 0.2) is 6.20 Å². The van der Waals surface area contributed by atoms with Crippen LogP contribution in [0.4, 0.5) is 0 Å². The van der Waals surface area contributed by atoms with Crippen molar-refractivity contribution in [1.29, 1.82) is 0 Å². The molecular weight excluding hydrogens is 202 g/mol. The van der Waals surface area contributed by atoms with Crippen molar-refractivity contribution in [3.8, 4) is 0 Å². The molecule has 5 heteroatoms. The Labute approximate surface area is 87.9 Å². The first-order valence-electron chi connectivity index (χ1n) is 4.92. The first kappa shape index (κ1) is 9.93. The van der Waals surface area contributed by atoms with Crippen molar-refractivity contribution in [1.82, 2.24) is 15.0 Å². The molecule has 4 nitrogen and oxygen atoms in total. The van der Waals surface area contributed by atoms with Gasteiger partial charge in [0.2, 0.25) is 0 Å². The topological polar surface area (TPSA) is 50.9 Å². The fraction of sp³-hybridized carbons (Fsp3) is 0.778. The Balaban J connectivity index is 2.16. The summed E-state index contributed by atoms with van der Waals surface area (Å²) in [5.74, 6) is 0. The van der Waals surface area contributed by atoms with Gasteiger partial charge in [-0.05, 0) is 26.2 Å². The van der Waals surface area contributed by atoms with Crippen LogP contribution in [0.3, 0.4) is 0 Å². The standard InChI is InChI=1S/C9H14ClN3O/c1-6(10)7-5-13(12-11-7)8-3-2-4-9(8)14/h5-6,8-9,14H,2-4H2,1H3. The Bertz CT molecular complexity index is 313. The van der Waals surface area contributed by atoms with E-state index in [0.29, 0.717) is 0 Å². The van der Waals surface area contributed by atoms with Gasteiger partial charge < -0.3 is 5.11 Å². The first-order valence-corrected chi connectivity index (χ1v) is 5.36. The number of alkyl halides is 1. The summed E-state index contributed by atoms with van der Waals surface area (Å²) in [5, 5.41) is 17.5. The maximum Gasteiger partial charge on any atom is 0.100 e. The lowest BCUT2D eigenvalue weighted by atomic mass is 10.2. The Kier molecular flexibility index (Phi) is 2.74. The second-order valence-electron chi connectivity index (χ2n) is 3.81. The smallest absolute Gasteiger partial charge is 0.100 e. The summed E-state index contributed by atoms with van der Waals surface area (Å²) in [6.07, 6.45) is 4.43. The molecule has 0 aromatic carbocycles. The third-order valence-electron chi connectivity index (χ3n) is 2.72. The number of aromatic nitrogens is 3. The molecule has 0 radical (unpaired) electrons. The Morgan fingerprint density at radius 1 is 1.64 bits per heavy atom. The van der Waals surface area contributed by atoms with E-state index in [1.807, 2.05) is 13.1 Å². The molecule has 0 spiro atoms. The highest BCUT2D eigenvalue weighted by molar-refractivity contribution is 6.20. The molecule has 78 valence electrons. The van der Waals surface area contributed by atoms with Crippen LogP contribution in [-0.4, -0.2) is 26.2 Å². The van der Waals surface area contributed by atoms with Gasteiger partial charge >= 0.3 is 0 Å². The van der Waals surface area contributed by atoms with Gasteiger partial charge in [-0.15, -0.1) is 16.7 Å². The molecule has 1 aromatic heterocycles. The van der Waals surface area contributed by atoms with Gasteiger partial charge in [-0.2, -0.15) is 0 Å². The third kappa shape index (κ3) is 1.77. The molecule has 0 aliphatic heterocycles. The van der Waals surface area contributed by atoms with Crippen molar-refractivity contribution in [2.75, 3.05) is 0 Å². The number of halogens is 1. The highest BCUT2D eigenvalue weighted by Crippen LogP contribution is 2.30. The maximum absolute atomic E-state index is 9.67. The molecule has 0 saturated heterocycles. The van der Waals surface area contributed by atoms with Gasteiger partial charge in [0.25, 0.3) is 0 Å². The Morgan fingerprint density at radius 3 is 2.93 bits per heavy atom. The molecule has 14 heavy (non-hydrogen) atoms. The summed E-state index contributed by atoms with van der Waals surface area (Å²) in [7, 11) is 0. The van der Waals surface area contributed by atoms with Crippen molar-refractivity contribution >= 4 is 11.6 Å². The molecule has 1 aliphatic rings. The van der Waals surface area contributed by atoms with E-state index in [2.05, 4.69) is 10.3 Å². The summed E-state index contributed by atoms with van der Waals surface area (Å²) in [6.45, 7) is 1.86. The Hall–Kier alpha value is -0.610. The lowest BCUT2D eigenvalue weighted by molar-refractivity contribution is 0.129. The van der Waals surface area contributed by atoms with E-state index in [-0.39, 0.29) is 17.5 Å². The minimum absolute atomic E-state index is 0.0895. The zero-order valence-corrected chi connectivity index (χ0v) is 8.85. The summed E-state index contributed by atoms with van der Waals surface area (Å²) < 4.78 is 1.74. The van der Waals surface area contributed by atoms with Crippen LogP contribution in [-0.2, 0) is 0 Å². The van der Waals surface area contributed by atoms with E-state index < -0.39 is 0 Å². The van der Waals surface area contributed by atoms with Gasteiger partial charge in [-0.1, -0.05) is 5.21 Å². The number of hydrogen-bond acceptors (Lipinski definition) is 3. The summed E-state index contributed by atoms with van der Waals surface area (Å²) in [4.78, 5) is 0. The summed E-state index contributed by atoms with van der Waals surface area (Å²) in [5.41, 5.74) is 0.769. The molecule has 1 fully saturated rings. The largest absolute Gasteiger partial charge is 0.391 e. The van der Waals surface area contributed by atoms with Gasteiger partial charge in [-0.25, -0.2) is 4.68 Å². The van der Waals surface area contributed by atoms with Crippen LogP contribution in [0.5, 0.6) is 0 Å². The molecule has 1 saturated carbocycles. The second kappa shape index (κ2) is 3.87. The zero-order valence-electron chi connectivity index (χ0n) is 8.10. The second-order valence-corrected chi connectivity index (χ2v) is 4.46. The monoisotopic (exact) mass is 215 g/mol. The van der Waals surface area contributed by atoms with Crippen molar-refractivity contribution in [3.63, 3.8) is 0 Å². The predicted molar refractivity (Wildman–Crippen MR) is 53.2 cm³/mol. The van der Waals surface area contributed by atoms with E-state index in [4.69, 9.17) is 11.6 Å². The van der Waals surface area contributed by atoms with Crippen LogP contribution >= 0.6 is 11.6 Å². The minimum Gasteiger partial charge on any atom is -0.391 e. The van der Waals surface area contributed by atoms with Crippen molar-refractivity contribution in [2.45, 2.75) is 43.7 Å². The molecule has 0 amide bonds. The third-order valence-corrected chi connectivity index (χ3v) is 2.94. The average Bonchev–Trinajstić information content (AvgIpc) is 2.71. The summed E-state index contributed by atoms with van der Waals surface area (Å²) >= 11 is 5.88. The first-order chi connectivity index (χ1) is 6.68. The van der Waals surface area contributed by atoms with Crippen LogP contribution in [0.25, 0.3) is 0 Å². The zero-order chi connectivity index (χ0) is 10.1. The maximum atomic E-state index is 9.67. The van der Waals surface area contributed by atoms with Crippen LogP contribution < -0.4 is 0 Å². The van der Waals surface area contributed by atoms with Crippen LogP contribution in [0, 0.1) is 0 Å². The van der Waals surface area contributed by atoms with Crippen LogP contribution in [0.2, 0.25) is 0 Å². The van der Waals surface area contributed by atoms with Gasteiger partial charge in [0.05, 0.1) is 23.7 Å². The molecule has 1 N–H and O–H groups in total. The summed E-state index contributed by atoms with van der Waals surface area (Å²) in [6, 6.07) is 0.0895. The molecular formula is C9H14ClN3O. The number of rotatable bonds is 2. The molecule has 1 aromatic rings. The molecule has 2 rings (SSSR count). The minimum atomic E-state index is -0.282. The quantitative estimate of drug-likeness (QED) is 0.764. The molecule has 1 heterocycles. The molecule has 1 aliphatic carbocycles. The van der Waals surface area contributed by atoms with E-state index in [1.165, 1.54) is 0 Å². The number of aliphatic hydroxyl groups excluding tert-OH is 1. The fourth-order valence-corrected chi connectivity index (χ4v) is 1.96. The lowest BCUT2D eigenvalue weighted by Gasteiger charge is -2.13. The van der Waals surface area contributed by atoms with Crippen molar-refractivity contribution in [3.05, 3.63) is 11.9 Å².